The van der Waals surface area contributed by atoms with Crippen molar-refractivity contribution in [1.29, 1.82) is 0 Å². The van der Waals surface area contributed by atoms with Crippen LogP contribution in [0.5, 0.6) is 5.75 Å². The monoisotopic (exact) mass is 346 g/mol. The molecule has 26 heavy (non-hydrogen) atoms. The van der Waals surface area contributed by atoms with Crippen molar-refractivity contribution in [2.75, 3.05) is 0 Å². The molecule has 0 fully saturated rings. The van der Waals surface area contributed by atoms with Crippen molar-refractivity contribution < 1.29 is 15.0 Å². The third-order valence-corrected chi connectivity index (χ3v) is 4.96. The van der Waals surface area contributed by atoms with Crippen molar-refractivity contribution in [3.05, 3.63) is 101 Å². The molecule has 0 unspecified atom stereocenters. The van der Waals surface area contributed by atoms with E-state index in [2.05, 4.69) is 0 Å². The lowest BCUT2D eigenvalue weighted by Crippen LogP contribution is -2.07. The molecule has 0 spiro atoms. The zero-order valence-electron chi connectivity index (χ0n) is 14.9. The maximum absolute atomic E-state index is 11.7. The first-order valence-corrected chi connectivity index (χ1v) is 8.69. The maximum Gasteiger partial charge on any atom is 0.339 e. The smallest absolute Gasteiger partial charge is 0.339 e. The van der Waals surface area contributed by atoms with E-state index in [1.165, 1.54) is 0 Å². The highest BCUT2D eigenvalue weighted by Crippen LogP contribution is 2.37. The first-order chi connectivity index (χ1) is 12.5. The fourth-order valence-corrected chi connectivity index (χ4v) is 3.28. The average Bonchev–Trinajstić information content (AvgIpc) is 2.68. The zero-order chi connectivity index (χ0) is 18.7. The van der Waals surface area contributed by atoms with Gasteiger partial charge in [-0.2, -0.15) is 0 Å². The van der Waals surface area contributed by atoms with E-state index < -0.39 is 5.97 Å². The van der Waals surface area contributed by atoms with Crippen LogP contribution in [0.3, 0.4) is 0 Å². The van der Waals surface area contributed by atoms with Crippen LogP contribution in [-0.2, 0) is 0 Å². The Morgan fingerprint density at radius 1 is 0.769 bits per heavy atom. The molecule has 0 bridgehead atoms. The van der Waals surface area contributed by atoms with E-state index >= 15 is 0 Å². The molecule has 2 N–H and O–H groups in total. The molecule has 132 valence electrons. The second-order valence-electron chi connectivity index (χ2n) is 6.58. The Bertz CT molecular complexity index is 901. The Balaban J connectivity index is 2.12. The average molecular weight is 346 g/mol. The molecule has 0 saturated carbocycles. The van der Waals surface area contributed by atoms with Crippen LogP contribution in [0.15, 0.2) is 72.8 Å². The van der Waals surface area contributed by atoms with Gasteiger partial charge in [-0.25, -0.2) is 4.79 Å². The van der Waals surface area contributed by atoms with E-state index in [1.807, 2.05) is 80.6 Å². The summed E-state index contributed by atoms with van der Waals surface area (Å²) in [7, 11) is 0. The Kier molecular flexibility index (Phi) is 5.08. The van der Waals surface area contributed by atoms with E-state index in [1.54, 1.807) is 6.07 Å². The normalized spacial score (nSPS) is 13.2. The second-order valence-corrected chi connectivity index (χ2v) is 6.58. The standard InChI is InChI=1S/C23H22O3/c1-15(17-9-5-3-6-10-17)19-13-20(22(24)21(14-19)23(25)26)16(2)18-11-7-4-8-12-18/h3-16,24H,1-2H3,(H,25,26)/t15-,16+/m0/s1. The van der Waals surface area contributed by atoms with Gasteiger partial charge in [-0.05, 0) is 22.8 Å². The highest BCUT2D eigenvalue weighted by atomic mass is 16.4. The van der Waals surface area contributed by atoms with E-state index in [0.29, 0.717) is 5.56 Å². The predicted octanol–water partition coefficient (Wildman–Crippen LogP) is 5.39. The van der Waals surface area contributed by atoms with Crippen LogP contribution in [0.25, 0.3) is 0 Å². The molecule has 0 aliphatic carbocycles. The van der Waals surface area contributed by atoms with Crippen LogP contribution in [0, 0.1) is 0 Å². The number of phenols is 1. The molecule has 0 amide bonds. The lowest BCUT2D eigenvalue weighted by atomic mass is 9.85. The van der Waals surface area contributed by atoms with Crippen LogP contribution >= 0.6 is 0 Å². The molecular weight excluding hydrogens is 324 g/mol. The highest BCUT2D eigenvalue weighted by molar-refractivity contribution is 5.91. The quantitative estimate of drug-likeness (QED) is 0.651. The molecule has 3 rings (SSSR count). The SMILES string of the molecule is C[C@@H](c1ccccc1)c1cc(C(=O)O)c(O)c([C@H](C)c2ccccc2)c1. The molecule has 2 atom stereocenters. The fourth-order valence-electron chi connectivity index (χ4n) is 3.28. The number of aromatic carboxylic acids is 1. The van der Waals surface area contributed by atoms with Gasteiger partial charge in [-0.15, -0.1) is 0 Å². The van der Waals surface area contributed by atoms with Gasteiger partial charge in [-0.1, -0.05) is 80.6 Å². The minimum Gasteiger partial charge on any atom is -0.507 e. The van der Waals surface area contributed by atoms with Crippen molar-refractivity contribution in [3.63, 3.8) is 0 Å². The Labute approximate surface area is 153 Å². The summed E-state index contributed by atoms with van der Waals surface area (Å²) in [6, 6.07) is 23.2. The molecule has 3 aromatic rings. The summed E-state index contributed by atoms with van der Waals surface area (Å²) >= 11 is 0. The van der Waals surface area contributed by atoms with Crippen molar-refractivity contribution >= 4 is 5.97 Å². The Morgan fingerprint density at radius 3 is 1.77 bits per heavy atom. The topological polar surface area (TPSA) is 57.5 Å². The van der Waals surface area contributed by atoms with Gasteiger partial charge in [0, 0.05) is 17.4 Å². The molecule has 0 heterocycles. The van der Waals surface area contributed by atoms with Crippen LogP contribution in [0.4, 0.5) is 0 Å². The highest BCUT2D eigenvalue weighted by Gasteiger charge is 2.22. The summed E-state index contributed by atoms with van der Waals surface area (Å²) in [6.45, 7) is 4.03. The molecule has 3 nitrogen and oxygen atoms in total. The number of carboxylic acids is 1. The van der Waals surface area contributed by atoms with Gasteiger partial charge in [-0.3, -0.25) is 0 Å². The summed E-state index contributed by atoms with van der Waals surface area (Å²) in [4.78, 5) is 11.7. The summed E-state index contributed by atoms with van der Waals surface area (Å²) < 4.78 is 0. The third-order valence-electron chi connectivity index (χ3n) is 4.96. The molecular formula is C23H22O3. The molecule has 3 heteroatoms. The van der Waals surface area contributed by atoms with Gasteiger partial charge in [0.25, 0.3) is 0 Å². The molecule has 3 aromatic carbocycles. The lowest BCUT2D eigenvalue weighted by molar-refractivity contribution is 0.0693. The second kappa shape index (κ2) is 7.44. The number of rotatable bonds is 5. The summed E-state index contributed by atoms with van der Waals surface area (Å²) in [5.74, 6) is -1.36. The van der Waals surface area contributed by atoms with Crippen molar-refractivity contribution in [1.82, 2.24) is 0 Å². The van der Waals surface area contributed by atoms with Gasteiger partial charge in [0.05, 0.1) is 0 Å². The number of carboxylic acid groups (broad SMARTS) is 1. The van der Waals surface area contributed by atoms with E-state index in [-0.39, 0.29) is 23.1 Å². The minimum atomic E-state index is -1.12. The third kappa shape index (κ3) is 3.47. The molecule has 0 aliphatic heterocycles. The zero-order valence-corrected chi connectivity index (χ0v) is 14.9. The van der Waals surface area contributed by atoms with Crippen LogP contribution in [-0.4, -0.2) is 16.2 Å². The van der Waals surface area contributed by atoms with Crippen molar-refractivity contribution in [2.24, 2.45) is 0 Å². The maximum atomic E-state index is 11.7. The van der Waals surface area contributed by atoms with Crippen molar-refractivity contribution in [3.8, 4) is 5.75 Å². The Hall–Kier alpha value is -3.07. The number of aromatic hydroxyl groups is 1. The van der Waals surface area contributed by atoms with Gasteiger partial charge >= 0.3 is 5.97 Å². The van der Waals surface area contributed by atoms with Gasteiger partial charge < -0.3 is 10.2 Å². The van der Waals surface area contributed by atoms with Gasteiger partial charge in [0.1, 0.15) is 11.3 Å². The molecule has 0 aliphatic rings. The summed E-state index contributed by atoms with van der Waals surface area (Å²) in [6.07, 6.45) is 0. The Morgan fingerprint density at radius 2 is 1.27 bits per heavy atom. The van der Waals surface area contributed by atoms with Crippen LogP contribution in [0.1, 0.15) is 58.3 Å². The molecule has 0 saturated heterocycles. The first-order valence-electron chi connectivity index (χ1n) is 8.69. The van der Waals surface area contributed by atoms with Crippen LogP contribution in [0.2, 0.25) is 0 Å². The number of hydrogen-bond acceptors (Lipinski definition) is 2. The van der Waals surface area contributed by atoms with Gasteiger partial charge in [0.2, 0.25) is 0 Å². The summed E-state index contributed by atoms with van der Waals surface area (Å²) in [5.41, 5.74) is 3.60. The lowest BCUT2D eigenvalue weighted by Gasteiger charge is -2.20. The van der Waals surface area contributed by atoms with E-state index in [4.69, 9.17) is 0 Å². The first kappa shape index (κ1) is 17.7. The predicted molar refractivity (Wildman–Crippen MR) is 103 cm³/mol. The van der Waals surface area contributed by atoms with Crippen LogP contribution < -0.4 is 0 Å². The van der Waals surface area contributed by atoms with E-state index in [9.17, 15) is 15.0 Å². The number of benzene rings is 3. The van der Waals surface area contributed by atoms with Gasteiger partial charge in [0.15, 0.2) is 0 Å². The number of carbonyl (C=O) groups is 1. The molecule has 0 aromatic heterocycles. The van der Waals surface area contributed by atoms with Crippen molar-refractivity contribution in [2.45, 2.75) is 25.7 Å². The minimum absolute atomic E-state index is 0.0247. The fraction of sp³-hybridized carbons (Fsp3) is 0.174. The molecule has 0 radical (unpaired) electrons. The summed E-state index contributed by atoms with van der Waals surface area (Å²) in [5, 5.41) is 20.1. The van der Waals surface area contributed by atoms with E-state index in [0.717, 1.165) is 16.7 Å². The largest absolute Gasteiger partial charge is 0.507 e. The number of hydrogen-bond donors (Lipinski definition) is 2.